The molecule has 0 atom stereocenters. The van der Waals surface area contributed by atoms with Crippen molar-refractivity contribution in [3.63, 3.8) is 0 Å². The third-order valence-corrected chi connectivity index (χ3v) is 8.42. The second-order valence-corrected chi connectivity index (χ2v) is 12.3. The van der Waals surface area contributed by atoms with Gasteiger partial charge in [0.15, 0.2) is 0 Å². The van der Waals surface area contributed by atoms with E-state index in [0.717, 1.165) is 54.9 Å². The molecule has 0 unspecified atom stereocenters. The fourth-order valence-corrected chi connectivity index (χ4v) is 5.45. The summed E-state index contributed by atoms with van der Waals surface area (Å²) in [5.74, 6) is 0. The highest BCUT2D eigenvalue weighted by atomic mass is 35.5. The van der Waals surface area contributed by atoms with E-state index in [4.69, 9.17) is 23.2 Å². The van der Waals surface area contributed by atoms with Gasteiger partial charge < -0.3 is 10.6 Å². The summed E-state index contributed by atoms with van der Waals surface area (Å²) < 4.78 is 28.2. The maximum Gasteiger partial charge on any atom is 0.240 e. The predicted octanol–water partition coefficient (Wildman–Crippen LogP) is 5.25. The van der Waals surface area contributed by atoms with Gasteiger partial charge in [0.1, 0.15) is 0 Å². The van der Waals surface area contributed by atoms with Gasteiger partial charge in [-0.05, 0) is 65.2 Å². The van der Waals surface area contributed by atoms with Gasteiger partial charge in [-0.3, -0.25) is 9.88 Å². The molecule has 3 aromatic carbocycles. The van der Waals surface area contributed by atoms with Crippen LogP contribution in [0.4, 0.5) is 0 Å². The lowest BCUT2D eigenvalue weighted by atomic mass is 10.2. The van der Waals surface area contributed by atoms with Gasteiger partial charge in [0.25, 0.3) is 0 Å². The van der Waals surface area contributed by atoms with E-state index < -0.39 is 10.0 Å². The third-order valence-electron chi connectivity index (χ3n) is 6.50. The number of rotatable bonds is 16. The number of hydrogen-bond donors (Lipinski definition) is 3. The van der Waals surface area contributed by atoms with E-state index in [0.29, 0.717) is 12.2 Å². The summed E-state index contributed by atoms with van der Waals surface area (Å²) in [5, 5.41) is 8.47. The van der Waals surface area contributed by atoms with Crippen LogP contribution >= 0.6 is 23.2 Å². The molecule has 216 valence electrons. The number of hydrogen-bond acceptors (Lipinski definition) is 6. The molecule has 0 fully saturated rings. The van der Waals surface area contributed by atoms with Gasteiger partial charge in [-0.15, -0.1) is 0 Å². The number of nitrogens with one attached hydrogen (secondary N) is 3. The van der Waals surface area contributed by atoms with Crippen molar-refractivity contribution in [3.8, 4) is 0 Å². The summed E-state index contributed by atoms with van der Waals surface area (Å²) in [4.78, 5) is 6.76. The standard InChI is InChI=1S/C31H35Cl2N5O2S/c32-28-10-4-25(5-11-28)21-34-17-19-38(20-18-35-22-26-6-12-29(33)13-7-26)24-27-8-14-31(15-9-27)41(39,40)37-23-30-3-1-2-16-36-30/h1-16,34-35,37H,17-24H2. The van der Waals surface area contributed by atoms with Crippen molar-refractivity contribution >= 4 is 33.2 Å². The zero-order valence-electron chi connectivity index (χ0n) is 22.8. The molecule has 4 aromatic rings. The summed E-state index contributed by atoms with van der Waals surface area (Å²) >= 11 is 12.0. The molecule has 3 N–H and O–H groups in total. The van der Waals surface area contributed by atoms with Crippen LogP contribution in [0.15, 0.2) is 102 Å². The van der Waals surface area contributed by atoms with Crippen LogP contribution in [-0.2, 0) is 36.2 Å². The highest BCUT2D eigenvalue weighted by Gasteiger charge is 2.14. The normalized spacial score (nSPS) is 11.7. The first-order valence-electron chi connectivity index (χ1n) is 13.5. The molecule has 0 amide bonds. The van der Waals surface area contributed by atoms with E-state index in [9.17, 15) is 8.42 Å². The SMILES string of the molecule is O=S(=O)(NCc1ccccn1)c1ccc(CN(CCNCc2ccc(Cl)cc2)CCNCc2ccc(Cl)cc2)cc1. The van der Waals surface area contributed by atoms with Crippen molar-refractivity contribution in [2.24, 2.45) is 0 Å². The molecule has 4 rings (SSSR count). The van der Waals surface area contributed by atoms with Crippen LogP contribution in [0.5, 0.6) is 0 Å². The Hall–Kier alpha value is -2.82. The first kappa shape index (κ1) is 31.1. The Labute approximate surface area is 253 Å². The van der Waals surface area contributed by atoms with Crippen molar-refractivity contribution < 1.29 is 8.42 Å². The molecule has 0 aliphatic rings. The Morgan fingerprint density at radius 3 is 1.71 bits per heavy atom. The lowest BCUT2D eigenvalue weighted by molar-refractivity contribution is 0.264. The molecule has 0 radical (unpaired) electrons. The Morgan fingerprint density at radius 2 is 1.20 bits per heavy atom. The van der Waals surface area contributed by atoms with E-state index in [-0.39, 0.29) is 11.4 Å². The molecule has 0 aliphatic carbocycles. The molecule has 0 saturated carbocycles. The first-order chi connectivity index (χ1) is 19.9. The van der Waals surface area contributed by atoms with Gasteiger partial charge in [0.2, 0.25) is 10.0 Å². The van der Waals surface area contributed by atoms with Crippen molar-refractivity contribution in [2.45, 2.75) is 31.1 Å². The zero-order chi connectivity index (χ0) is 28.9. The van der Waals surface area contributed by atoms with Crippen molar-refractivity contribution in [2.75, 3.05) is 26.2 Å². The quantitative estimate of drug-likeness (QED) is 0.150. The van der Waals surface area contributed by atoms with E-state index >= 15 is 0 Å². The largest absolute Gasteiger partial charge is 0.311 e. The fraction of sp³-hybridized carbons (Fsp3) is 0.258. The maximum absolute atomic E-state index is 12.8. The van der Waals surface area contributed by atoms with Crippen LogP contribution in [-0.4, -0.2) is 44.5 Å². The van der Waals surface area contributed by atoms with Gasteiger partial charge in [-0.1, -0.05) is 65.7 Å². The number of pyridine rings is 1. The molecule has 41 heavy (non-hydrogen) atoms. The lowest BCUT2D eigenvalue weighted by Crippen LogP contribution is -2.36. The average molecular weight is 613 g/mol. The van der Waals surface area contributed by atoms with Crippen molar-refractivity contribution in [1.29, 1.82) is 0 Å². The number of benzene rings is 3. The first-order valence-corrected chi connectivity index (χ1v) is 15.7. The topological polar surface area (TPSA) is 86.4 Å². The number of halogens is 2. The predicted molar refractivity (Wildman–Crippen MR) is 166 cm³/mol. The van der Waals surface area contributed by atoms with Crippen LogP contribution < -0.4 is 15.4 Å². The van der Waals surface area contributed by atoms with Gasteiger partial charge in [0.05, 0.1) is 17.1 Å². The molecule has 1 heterocycles. The van der Waals surface area contributed by atoms with Crippen molar-refractivity contribution in [1.82, 2.24) is 25.2 Å². The Kier molecular flexibility index (Phi) is 12.1. The van der Waals surface area contributed by atoms with E-state index in [2.05, 4.69) is 25.2 Å². The number of aromatic nitrogens is 1. The summed E-state index contributed by atoms with van der Waals surface area (Å²) in [7, 11) is -3.64. The van der Waals surface area contributed by atoms with Crippen LogP contribution in [0, 0.1) is 0 Å². The maximum atomic E-state index is 12.8. The third kappa shape index (κ3) is 10.8. The molecule has 0 saturated heterocycles. The van der Waals surface area contributed by atoms with E-state index in [1.54, 1.807) is 30.5 Å². The number of nitrogens with zero attached hydrogens (tertiary/aromatic N) is 2. The monoisotopic (exact) mass is 611 g/mol. The summed E-state index contributed by atoms with van der Waals surface area (Å²) in [6.45, 7) is 5.66. The molecule has 1 aromatic heterocycles. The minimum atomic E-state index is -3.64. The van der Waals surface area contributed by atoms with Gasteiger partial charge in [-0.25, -0.2) is 13.1 Å². The molecule has 0 bridgehead atoms. The second-order valence-electron chi connectivity index (χ2n) is 9.67. The van der Waals surface area contributed by atoms with Crippen LogP contribution in [0.2, 0.25) is 10.0 Å². The van der Waals surface area contributed by atoms with Crippen LogP contribution in [0.25, 0.3) is 0 Å². The zero-order valence-corrected chi connectivity index (χ0v) is 25.1. The van der Waals surface area contributed by atoms with E-state index in [1.165, 1.54) is 11.1 Å². The molecular formula is C31H35Cl2N5O2S. The smallest absolute Gasteiger partial charge is 0.240 e. The molecular weight excluding hydrogens is 577 g/mol. The van der Waals surface area contributed by atoms with Gasteiger partial charge in [0, 0.05) is 62.1 Å². The fourth-order valence-electron chi connectivity index (χ4n) is 4.20. The summed E-state index contributed by atoms with van der Waals surface area (Å²) in [5.41, 5.74) is 4.07. The molecule has 10 heteroatoms. The van der Waals surface area contributed by atoms with Crippen LogP contribution in [0.3, 0.4) is 0 Å². The summed E-state index contributed by atoms with van der Waals surface area (Å²) in [6, 6.07) is 28.2. The average Bonchev–Trinajstić information content (AvgIpc) is 2.99. The lowest BCUT2D eigenvalue weighted by Gasteiger charge is -2.23. The molecule has 7 nitrogen and oxygen atoms in total. The summed E-state index contributed by atoms with van der Waals surface area (Å²) in [6.07, 6.45) is 1.64. The minimum Gasteiger partial charge on any atom is -0.311 e. The molecule has 0 spiro atoms. The number of sulfonamides is 1. The minimum absolute atomic E-state index is 0.144. The van der Waals surface area contributed by atoms with Crippen LogP contribution in [0.1, 0.15) is 22.4 Å². The Bertz CT molecular complexity index is 1380. The Balaban J connectivity index is 1.31. The van der Waals surface area contributed by atoms with Crippen molar-refractivity contribution in [3.05, 3.63) is 130 Å². The van der Waals surface area contributed by atoms with Gasteiger partial charge in [-0.2, -0.15) is 0 Å². The van der Waals surface area contributed by atoms with Gasteiger partial charge >= 0.3 is 0 Å². The highest BCUT2D eigenvalue weighted by molar-refractivity contribution is 7.89. The highest BCUT2D eigenvalue weighted by Crippen LogP contribution is 2.14. The molecule has 0 aliphatic heterocycles. The second kappa shape index (κ2) is 16.0. The van der Waals surface area contributed by atoms with E-state index in [1.807, 2.05) is 66.7 Å². The Morgan fingerprint density at radius 1 is 0.659 bits per heavy atom.